The summed E-state index contributed by atoms with van der Waals surface area (Å²) in [6.07, 6.45) is 2.13. The van der Waals surface area contributed by atoms with Crippen LogP contribution < -0.4 is 10.6 Å². The predicted molar refractivity (Wildman–Crippen MR) is 91.7 cm³/mol. The lowest BCUT2D eigenvalue weighted by Crippen LogP contribution is -2.39. The van der Waals surface area contributed by atoms with E-state index in [-0.39, 0.29) is 30.3 Å². The van der Waals surface area contributed by atoms with Gasteiger partial charge in [0.15, 0.2) is 0 Å². The van der Waals surface area contributed by atoms with Gasteiger partial charge in [0.2, 0.25) is 5.91 Å². The molecule has 21 heavy (non-hydrogen) atoms. The highest BCUT2D eigenvalue weighted by Gasteiger charge is 2.24. The minimum atomic E-state index is -0.0134. The lowest BCUT2D eigenvalue weighted by Gasteiger charge is -2.28. The van der Waals surface area contributed by atoms with Crippen LogP contribution in [0, 0.1) is 11.8 Å². The largest absolute Gasteiger partial charge is 0.349 e. The van der Waals surface area contributed by atoms with Gasteiger partial charge in [0, 0.05) is 12.5 Å². The zero-order chi connectivity index (χ0) is 15.0. The monoisotopic (exact) mass is 312 g/mol. The summed E-state index contributed by atoms with van der Waals surface area (Å²) in [5.41, 5.74) is 1.20. The van der Waals surface area contributed by atoms with E-state index in [1.165, 1.54) is 5.56 Å². The van der Waals surface area contributed by atoms with Crippen molar-refractivity contribution in [2.24, 2.45) is 11.8 Å². The van der Waals surface area contributed by atoms with Crippen LogP contribution in [-0.2, 0) is 4.79 Å². The van der Waals surface area contributed by atoms with Crippen LogP contribution in [-0.4, -0.2) is 19.5 Å². The summed E-state index contributed by atoms with van der Waals surface area (Å²) in [5, 5.41) is 6.30. The zero-order valence-electron chi connectivity index (χ0n) is 13.6. The minimum Gasteiger partial charge on any atom is -0.349 e. The molecule has 3 nitrogen and oxygen atoms in total. The van der Waals surface area contributed by atoms with Gasteiger partial charge in [-0.2, -0.15) is 0 Å². The summed E-state index contributed by atoms with van der Waals surface area (Å²) in [6, 6.07) is 10.4. The lowest BCUT2D eigenvalue weighted by molar-refractivity contribution is -0.125. The third-order valence-corrected chi connectivity index (χ3v) is 3.93. The fourth-order valence-electron chi connectivity index (χ4n) is 2.59. The second kappa shape index (κ2) is 10.6. The molecule has 1 aromatic rings. The highest BCUT2D eigenvalue weighted by molar-refractivity contribution is 5.85. The standard InChI is InChI=1S/C17H28N2O.ClH/c1-5-14(6-2)16(15-10-8-7-9-11-15)19-17(20)13(3)12-18-4;/h7-11,13-14,16,18H,5-6,12H2,1-4H3,(H,19,20);1H. The van der Waals surface area contributed by atoms with E-state index in [1.807, 2.05) is 32.2 Å². The maximum Gasteiger partial charge on any atom is 0.224 e. The van der Waals surface area contributed by atoms with Gasteiger partial charge in [-0.3, -0.25) is 4.79 Å². The van der Waals surface area contributed by atoms with Crippen LogP contribution in [0.3, 0.4) is 0 Å². The minimum absolute atomic E-state index is 0. The highest BCUT2D eigenvalue weighted by Crippen LogP contribution is 2.27. The van der Waals surface area contributed by atoms with Gasteiger partial charge >= 0.3 is 0 Å². The SMILES string of the molecule is CCC(CC)C(NC(=O)C(C)CNC)c1ccccc1.Cl. The van der Waals surface area contributed by atoms with Crippen LogP contribution in [0.15, 0.2) is 30.3 Å². The Morgan fingerprint density at radius 2 is 1.71 bits per heavy atom. The van der Waals surface area contributed by atoms with Gasteiger partial charge in [-0.15, -0.1) is 12.4 Å². The van der Waals surface area contributed by atoms with Gasteiger partial charge in [-0.25, -0.2) is 0 Å². The van der Waals surface area contributed by atoms with E-state index in [2.05, 4.69) is 36.6 Å². The van der Waals surface area contributed by atoms with Crippen LogP contribution >= 0.6 is 12.4 Å². The molecule has 4 heteroatoms. The second-order valence-corrected chi connectivity index (χ2v) is 5.43. The smallest absolute Gasteiger partial charge is 0.224 e. The topological polar surface area (TPSA) is 41.1 Å². The van der Waals surface area contributed by atoms with Crippen molar-refractivity contribution < 1.29 is 4.79 Å². The van der Waals surface area contributed by atoms with E-state index in [0.29, 0.717) is 12.5 Å². The van der Waals surface area contributed by atoms with E-state index >= 15 is 0 Å². The van der Waals surface area contributed by atoms with Crippen molar-refractivity contribution in [2.45, 2.75) is 39.7 Å². The average molecular weight is 313 g/mol. The number of benzene rings is 1. The number of carbonyl (C=O) groups excluding carboxylic acids is 1. The third kappa shape index (κ3) is 6.06. The summed E-state index contributed by atoms with van der Waals surface area (Å²) in [4.78, 5) is 12.3. The van der Waals surface area contributed by atoms with Crippen molar-refractivity contribution in [3.05, 3.63) is 35.9 Å². The first-order valence-electron chi connectivity index (χ1n) is 7.63. The summed E-state index contributed by atoms with van der Waals surface area (Å²) >= 11 is 0. The second-order valence-electron chi connectivity index (χ2n) is 5.43. The first kappa shape index (κ1) is 19.9. The number of amides is 1. The molecule has 0 bridgehead atoms. The maximum atomic E-state index is 12.3. The number of carbonyl (C=O) groups is 1. The molecule has 0 saturated carbocycles. The Morgan fingerprint density at radius 3 is 2.19 bits per heavy atom. The molecule has 0 aliphatic rings. The Bertz CT molecular complexity index is 393. The van der Waals surface area contributed by atoms with Crippen molar-refractivity contribution in [2.75, 3.05) is 13.6 Å². The third-order valence-electron chi connectivity index (χ3n) is 3.93. The molecule has 1 aromatic carbocycles. The van der Waals surface area contributed by atoms with E-state index in [9.17, 15) is 4.79 Å². The van der Waals surface area contributed by atoms with Gasteiger partial charge in [0.25, 0.3) is 0 Å². The van der Waals surface area contributed by atoms with Gasteiger partial charge in [0.05, 0.1) is 6.04 Å². The van der Waals surface area contributed by atoms with Crippen LogP contribution in [0.1, 0.15) is 45.2 Å². The Morgan fingerprint density at radius 1 is 1.14 bits per heavy atom. The lowest BCUT2D eigenvalue weighted by atomic mass is 9.88. The van der Waals surface area contributed by atoms with Gasteiger partial charge < -0.3 is 10.6 Å². The van der Waals surface area contributed by atoms with E-state index < -0.39 is 0 Å². The molecule has 0 radical (unpaired) electrons. The highest BCUT2D eigenvalue weighted by atomic mass is 35.5. The van der Waals surface area contributed by atoms with E-state index in [4.69, 9.17) is 0 Å². The number of hydrogen-bond acceptors (Lipinski definition) is 2. The molecular weight excluding hydrogens is 284 g/mol. The Balaban J connectivity index is 0.00000400. The molecule has 2 N–H and O–H groups in total. The van der Waals surface area contributed by atoms with Crippen molar-refractivity contribution in [1.29, 1.82) is 0 Å². The van der Waals surface area contributed by atoms with Gasteiger partial charge in [0.1, 0.15) is 0 Å². The Hall–Kier alpha value is -1.06. The molecular formula is C17H29ClN2O. The molecule has 2 unspecified atom stereocenters. The predicted octanol–water partition coefficient (Wildman–Crippen LogP) is 3.56. The normalized spacial score (nSPS) is 13.4. The van der Waals surface area contributed by atoms with Crippen molar-refractivity contribution >= 4 is 18.3 Å². The fourth-order valence-corrected chi connectivity index (χ4v) is 2.59. The van der Waals surface area contributed by atoms with Crippen LogP contribution in [0.4, 0.5) is 0 Å². The molecule has 120 valence electrons. The van der Waals surface area contributed by atoms with E-state index in [1.54, 1.807) is 0 Å². The van der Waals surface area contributed by atoms with Crippen molar-refractivity contribution in [3.8, 4) is 0 Å². The number of rotatable bonds is 8. The molecule has 1 rings (SSSR count). The van der Waals surface area contributed by atoms with E-state index in [0.717, 1.165) is 12.8 Å². The number of hydrogen-bond donors (Lipinski definition) is 2. The summed E-state index contributed by atoms with van der Waals surface area (Å²) in [6.45, 7) is 7.04. The molecule has 2 atom stereocenters. The maximum absolute atomic E-state index is 12.3. The van der Waals surface area contributed by atoms with Crippen LogP contribution in [0.2, 0.25) is 0 Å². The summed E-state index contributed by atoms with van der Waals surface area (Å²) in [7, 11) is 1.87. The summed E-state index contributed by atoms with van der Waals surface area (Å²) in [5.74, 6) is 0.587. The molecule has 0 saturated heterocycles. The van der Waals surface area contributed by atoms with Gasteiger partial charge in [-0.05, 0) is 18.5 Å². The number of nitrogens with one attached hydrogen (secondary N) is 2. The molecule has 1 amide bonds. The van der Waals surface area contributed by atoms with Crippen molar-refractivity contribution in [1.82, 2.24) is 10.6 Å². The Kier molecular flexibility index (Phi) is 10.1. The quantitative estimate of drug-likeness (QED) is 0.770. The fraction of sp³-hybridized carbons (Fsp3) is 0.588. The van der Waals surface area contributed by atoms with Crippen molar-refractivity contribution in [3.63, 3.8) is 0 Å². The molecule has 0 aliphatic heterocycles. The molecule has 0 aromatic heterocycles. The molecule has 0 aliphatic carbocycles. The summed E-state index contributed by atoms with van der Waals surface area (Å²) < 4.78 is 0. The first-order chi connectivity index (χ1) is 9.63. The zero-order valence-corrected chi connectivity index (χ0v) is 14.4. The molecule has 0 spiro atoms. The van der Waals surface area contributed by atoms with Crippen LogP contribution in [0.5, 0.6) is 0 Å². The Labute approximate surface area is 135 Å². The van der Waals surface area contributed by atoms with Gasteiger partial charge in [-0.1, -0.05) is 63.9 Å². The number of halogens is 1. The first-order valence-corrected chi connectivity index (χ1v) is 7.63. The molecule has 0 fully saturated rings. The average Bonchev–Trinajstić information content (AvgIpc) is 2.48. The van der Waals surface area contributed by atoms with Crippen LogP contribution in [0.25, 0.3) is 0 Å². The molecule has 0 heterocycles.